The number of hydrogen-bond acceptors (Lipinski definition) is 9. The molecule has 0 aromatic carbocycles. The molecular formula is C29H58O9Si4. The van der Waals surface area contributed by atoms with Crippen LogP contribution in [0.1, 0.15) is 41.0 Å². The van der Waals surface area contributed by atoms with Crippen molar-refractivity contribution >= 4 is 51.7 Å². The molecule has 9 nitrogen and oxygen atoms in total. The predicted molar refractivity (Wildman–Crippen MR) is 180 cm³/mol. The Morgan fingerprint density at radius 3 is 1.12 bits per heavy atom. The van der Waals surface area contributed by atoms with Crippen LogP contribution < -0.4 is 0 Å². The largest absolute Gasteiger partial charge is 0.469 e. The van der Waals surface area contributed by atoms with Crippen molar-refractivity contribution in [2.75, 3.05) is 19.8 Å². The molecule has 0 bridgehead atoms. The Labute approximate surface area is 259 Å². The first-order valence-corrected chi connectivity index (χ1v) is 26.3. The molecule has 244 valence electrons. The molecule has 0 unspecified atom stereocenters. The summed E-state index contributed by atoms with van der Waals surface area (Å²) in [5.74, 6) is -1.23. The van der Waals surface area contributed by atoms with Crippen molar-refractivity contribution in [3.63, 3.8) is 0 Å². The summed E-state index contributed by atoms with van der Waals surface area (Å²) in [6.07, 6.45) is 0.671. The second kappa shape index (κ2) is 17.6. The molecule has 13 heteroatoms. The van der Waals surface area contributed by atoms with Crippen molar-refractivity contribution in [2.45, 2.75) is 106 Å². The van der Waals surface area contributed by atoms with Crippen molar-refractivity contribution in [3.8, 4) is 0 Å². The summed E-state index contributed by atoms with van der Waals surface area (Å²) >= 11 is 0. The van der Waals surface area contributed by atoms with E-state index >= 15 is 0 Å². The summed E-state index contributed by atoms with van der Waals surface area (Å²) in [6, 6.07) is 0.676. The van der Waals surface area contributed by atoms with E-state index in [9.17, 15) is 14.4 Å². The number of carbonyl (C=O) groups is 3. The topological polar surface area (TPSA) is 107 Å². The number of carbonyl (C=O) groups excluding carboxylic acids is 3. The van der Waals surface area contributed by atoms with Crippen LogP contribution in [0.5, 0.6) is 0 Å². The molecule has 0 aliphatic heterocycles. The summed E-state index contributed by atoms with van der Waals surface area (Å²) in [7, 11) is -8.40. The van der Waals surface area contributed by atoms with E-state index in [0.29, 0.717) is 35.8 Å². The highest BCUT2D eigenvalue weighted by Gasteiger charge is 2.49. The highest BCUT2D eigenvalue weighted by Crippen LogP contribution is 2.30. The van der Waals surface area contributed by atoms with Crippen LogP contribution in [0.15, 0.2) is 36.5 Å². The molecule has 0 aromatic heterocycles. The summed E-state index contributed by atoms with van der Waals surface area (Å²) in [4.78, 5) is 34.0. The van der Waals surface area contributed by atoms with E-state index in [1.165, 1.54) is 0 Å². The van der Waals surface area contributed by atoms with Gasteiger partial charge in [0.2, 0.25) is 0 Å². The minimum absolute atomic E-state index is 0.169. The average molecular weight is 663 g/mol. The third kappa shape index (κ3) is 22.9. The van der Waals surface area contributed by atoms with Crippen LogP contribution in [0.3, 0.4) is 0 Å². The standard InChI is InChI=1S/C16H38O5Si4.C13H20O4/c1-15(2)16(17)18-13-12-14-25(19-22(3,4)5,20-23(6,7)8)21-24(9,10)11;1-9(2)11(14)16-7-13(5,6)8-17-12(15)10(3)4/h1,12-14H2,2-11H3;1,3,7-8H2,2,4-6H3. The maximum absolute atomic E-state index is 11.6. The van der Waals surface area contributed by atoms with Gasteiger partial charge in [-0.05, 0) is 86.1 Å². The first-order chi connectivity index (χ1) is 18.6. The smallest absolute Gasteiger partial charge is 0.462 e. The van der Waals surface area contributed by atoms with Gasteiger partial charge in [-0.3, -0.25) is 0 Å². The number of ether oxygens (including phenoxy) is 3. The molecule has 0 spiro atoms. The van der Waals surface area contributed by atoms with Crippen molar-refractivity contribution in [2.24, 2.45) is 5.41 Å². The molecule has 0 aliphatic rings. The van der Waals surface area contributed by atoms with Gasteiger partial charge < -0.3 is 26.6 Å². The Balaban J connectivity index is 0. The third-order valence-electron chi connectivity index (χ3n) is 4.48. The van der Waals surface area contributed by atoms with Gasteiger partial charge in [0.25, 0.3) is 0 Å². The lowest BCUT2D eigenvalue weighted by Crippen LogP contribution is -2.60. The lowest BCUT2D eigenvalue weighted by molar-refractivity contribution is -0.147. The first-order valence-electron chi connectivity index (χ1n) is 14.2. The van der Waals surface area contributed by atoms with Crippen molar-refractivity contribution in [1.82, 2.24) is 0 Å². The van der Waals surface area contributed by atoms with Crippen LogP contribution in [0.25, 0.3) is 0 Å². The Morgan fingerprint density at radius 1 is 0.571 bits per heavy atom. The summed E-state index contributed by atoms with van der Waals surface area (Å²) in [5.41, 5.74) is 0.675. The quantitative estimate of drug-likeness (QED) is 0.0524. The van der Waals surface area contributed by atoms with E-state index in [-0.39, 0.29) is 19.2 Å². The molecular weight excluding hydrogens is 605 g/mol. The average Bonchev–Trinajstić information content (AvgIpc) is 2.75. The highest BCUT2D eigenvalue weighted by molar-refractivity contribution is 6.90. The normalized spacial score (nSPS) is 12.4. The number of esters is 3. The predicted octanol–water partition coefficient (Wildman–Crippen LogP) is 7.24. The van der Waals surface area contributed by atoms with E-state index in [2.05, 4.69) is 78.7 Å². The second-order valence-electron chi connectivity index (χ2n) is 14.2. The third-order valence-corrected chi connectivity index (χ3v) is 16.5. The summed E-state index contributed by atoms with van der Waals surface area (Å²) in [6.45, 7) is 39.2. The van der Waals surface area contributed by atoms with Gasteiger partial charge in [0.05, 0.1) is 19.8 Å². The molecule has 0 aliphatic carbocycles. The van der Waals surface area contributed by atoms with E-state index < -0.39 is 51.1 Å². The zero-order valence-corrected chi connectivity index (χ0v) is 32.8. The van der Waals surface area contributed by atoms with Gasteiger partial charge in [-0.25, -0.2) is 14.4 Å². The molecule has 0 aromatic rings. The Bertz CT molecular complexity index is 883. The molecule has 0 saturated heterocycles. The van der Waals surface area contributed by atoms with Crippen molar-refractivity contribution in [3.05, 3.63) is 36.5 Å². The zero-order valence-electron chi connectivity index (χ0n) is 28.8. The number of rotatable bonds is 17. The molecule has 0 atom stereocenters. The van der Waals surface area contributed by atoms with Gasteiger partial charge in [0.1, 0.15) is 0 Å². The van der Waals surface area contributed by atoms with Crippen molar-refractivity contribution in [1.29, 1.82) is 0 Å². The minimum atomic E-state index is -2.83. The van der Waals surface area contributed by atoms with Gasteiger partial charge in [-0.15, -0.1) is 0 Å². The number of hydrogen-bond donors (Lipinski definition) is 0. The van der Waals surface area contributed by atoms with Gasteiger partial charge in [-0.1, -0.05) is 33.6 Å². The monoisotopic (exact) mass is 662 g/mol. The van der Waals surface area contributed by atoms with Gasteiger partial charge in [-0.2, -0.15) is 0 Å². The molecule has 0 amide bonds. The van der Waals surface area contributed by atoms with Crippen LogP contribution in [0, 0.1) is 5.41 Å². The van der Waals surface area contributed by atoms with Crippen LogP contribution >= 0.6 is 0 Å². The maximum Gasteiger partial charge on any atom is 0.469 e. The van der Waals surface area contributed by atoms with Gasteiger partial charge in [0.15, 0.2) is 25.0 Å². The van der Waals surface area contributed by atoms with Crippen LogP contribution in [0.4, 0.5) is 0 Å². The van der Waals surface area contributed by atoms with Crippen LogP contribution in [-0.4, -0.2) is 71.5 Å². The summed E-state index contributed by atoms with van der Waals surface area (Å²) in [5, 5.41) is 0. The zero-order chi connectivity index (χ0) is 33.7. The first kappa shape index (κ1) is 42.5. The highest BCUT2D eigenvalue weighted by atomic mass is 28.5. The van der Waals surface area contributed by atoms with E-state index in [1.807, 2.05) is 13.8 Å². The molecule has 0 N–H and O–H groups in total. The van der Waals surface area contributed by atoms with Crippen LogP contribution in [0.2, 0.25) is 65.0 Å². The van der Waals surface area contributed by atoms with Crippen LogP contribution in [-0.2, 0) is 40.9 Å². The minimum Gasteiger partial charge on any atom is -0.462 e. The molecule has 0 heterocycles. The SMILES string of the molecule is C=C(C)C(=O)OCC(C)(C)COC(=O)C(=C)C.C=C(C)C(=O)OCCC[Si](O[Si](C)(C)C)(O[Si](C)(C)C)O[Si](C)(C)C. The lowest BCUT2D eigenvalue weighted by Gasteiger charge is -2.42. The fourth-order valence-electron chi connectivity index (χ4n) is 3.00. The van der Waals surface area contributed by atoms with E-state index in [4.69, 9.17) is 26.6 Å². The van der Waals surface area contributed by atoms with Gasteiger partial charge in [0, 0.05) is 28.2 Å². The second-order valence-corrected chi connectivity index (χ2v) is 31.2. The molecule has 0 fully saturated rings. The molecule has 0 rings (SSSR count). The van der Waals surface area contributed by atoms with E-state index in [0.717, 1.165) is 0 Å². The maximum atomic E-state index is 11.6. The fraction of sp³-hybridized carbons (Fsp3) is 0.690. The molecule has 0 radical (unpaired) electrons. The van der Waals surface area contributed by atoms with E-state index in [1.54, 1.807) is 20.8 Å². The Kier molecular flexibility index (Phi) is 17.8. The van der Waals surface area contributed by atoms with Crippen molar-refractivity contribution < 1.29 is 40.9 Å². The molecule has 0 saturated carbocycles. The van der Waals surface area contributed by atoms with Gasteiger partial charge >= 0.3 is 26.7 Å². The lowest BCUT2D eigenvalue weighted by atomic mass is 9.96. The Hall–Kier alpha value is -1.62. The fourth-order valence-corrected chi connectivity index (χ4v) is 17.6. The Morgan fingerprint density at radius 2 is 0.857 bits per heavy atom. The molecule has 42 heavy (non-hydrogen) atoms. The summed E-state index contributed by atoms with van der Waals surface area (Å²) < 4.78 is 35.0.